The average Bonchev–Trinajstić information content (AvgIpc) is 1.98. The molecular formula is C12H23NO4. The van der Waals surface area contributed by atoms with Gasteiger partial charge >= 0.3 is 5.97 Å². The lowest BCUT2D eigenvalue weighted by Crippen LogP contribution is -2.58. The second kappa shape index (κ2) is 4.64. The molecule has 5 nitrogen and oxygen atoms in total. The minimum absolute atomic E-state index is 0.123. The Bertz CT molecular complexity index is 313. The summed E-state index contributed by atoms with van der Waals surface area (Å²) in [7, 11) is 0. The van der Waals surface area contributed by atoms with Crippen molar-refractivity contribution in [2.75, 3.05) is 0 Å². The minimum atomic E-state index is -1.11. The summed E-state index contributed by atoms with van der Waals surface area (Å²) in [4.78, 5) is 22.6. The number of carbonyl (C=O) groups excluding carboxylic acids is 1. The van der Waals surface area contributed by atoms with Gasteiger partial charge in [-0.3, -0.25) is 9.59 Å². The van der Waals surface area contributed by atoms with Crippen molar-refractivity contribution in [2.45, 2.75) is 59.1 Å². The quantitative estimate of drug-likeness (QED) is 0.678. The van der Waals surface area contributed by atoms with Crippen molar-refractivity contribution in [3.8, 4) is 0 Å². The summed E-state index contributed by atoms with van der Waals surface area (Å²) in [5, 5.41) is 21.4. The van der Waals surface area contributed by atoms with E-state index in [9.17, 15) is 14.7 Å². The Morgan fingerprint density at radius 3 is 1.76 bits per heavy atom. The largest absolute Gasteiger partial charge is 0.481 e. The standard InChI is InChI=1S/C12H23NO4/c1-10(2,9(15)16)7-8(14)13-11(3,4)12(5,6)17/h17H,7H2,1-6H3,(H,13,14)(H,15,16). The molecule has 0 fully saturated rings. The van der Waals surface area contributed by atoms with Crippen LogP contribution in [0.5, 0.6) is 0 Å². The number of aliphatic carboxylic acids is 1. The highest BCUT2D eigenvalue weighted by Crippen LogP contribution is 2.24. The van der Waals surface area contributed by atoms with Crippen LogP contribution in [0.1, 0.15) is 48.0 Å². The van der Waals surface area contributed by atoms with Crippen molar-refractivity contribution in [3.05, 3.63) is 0 Å². The van der Waals surface area contributed by atoms with Crippen LogP contribution in [0.4, 0.5) is 0 Å². The summed E-state index contributed by atoms with van der Waals surface area (Å²) >= 11 is 0. The average molecular weight is 245 g/mol. The van der Waals surface area contributed by atoms with Gasteiger partial charge in [0.25, 0.3) is 0 Å². The Labute approximate surface area is 102 Å². The molecule has 0 bridgehead atoms. The van der Waals surface area contributed by atoms with Gasteiger partial charge in [0, 0.05) is 6.42 Å². The van der Waals surface area contributed by atoms with E-state index in [0.717, 1.165) is 0 Å². The first-order valence-electron chi connectivity index (χ1n) is 5.56. The van der Waals surface area contributed by atoms with E-state index < -0.39 is 22.5 Å². The van der Waals surface area contributed by atoms with Gasteiger partial charge in [0.15, 0.2) is 0 Å². The maximum Gasteiger partial charge on any atom is 0.309 e. The zero-order chi connectivity index (χ0) is 14.1. The summed E-state index contributed by atoms with van der Waals surface area (Å²) in [6.07, 6.45) is -0.123. The summed E-state index contributed by atoms with van der Waals surface area (Å²) < 4.78 is 0. The Morgan fingerprint density at radius 1 is 1.06 bits per heavy atom. The second-order valence-electron chi connectivity index (χ2n) is 6.10. The van der Waals surface area contributed by atoms with E-state index in [1.54, 1.807) is 27.7 Å². The van der Waals surface area contributed by atoms with Crippen LogP contribution in [-0.2, 0) is 9.59 Å². The first kappa shape index (κ1) is 15.9. The molecule has 0 unspecified atom stereocenters. The van der Waals surface area contributed by atoms with Gasteiger partial charge in [0.05, 0.1) is 16.6 Å². The minimum Gasteiger partial charge on any atom is -0.481 e. The number of hydrogen-bond acceptors (Lipinski definition) is 3. The number of hydrogen-bond donors (Lipinski definition) is 3. The molecule has 0 atom stereocenters. The summed E-state index contributed by atoms with van der Waals surface area (Å²) in [6.45, 7) is 9.56. The normalized spacial score (nSPS) is 13.4. The maximum atomic E-state index is 11.7. The molecule has 1 amide bonds. The van der Waals surface area contributed by atoms with Gasteiger partial charge < -0.3 is 15.5 Å². The lowest BCUT2D eigenvalue weighted by Gasteiger charge is -2.38. The van der Waals surface area contributed by atoms with E-state index in [1.165, 1.54) is 13.8 Å². The lowest BCUT2D eigenvalue weighted by molar-refractivity contribution is -0.150. The second-order valence-corrected chi connectivity index (χ2v) is 6.10. The molecule has 0 aliphatic rings. The third-order valence-corrected chi connectivity index (χ3v) is 3.16. The number of aliphatic hydroxyl groups is 1. The van der Waals surface area contributed by atoms with Crippen molar-refractivity contribution in [3.63, 3.8) is 0 Å². The molecule has 0 aromatic heterocycles. The van der Waals surface area contributed by atoms with Crippen LogP contribution in [-0.4, -0.2) is 33.2 Å². The van der Waals surface area contributed by atoms with Crippen molar-refractivity contribution < 1.29 is 19.8 Å². The highest BCUT2D eigenvalue weighted by molar-refractivity contribution is 5.84. The van der Waals surface area contributed by atoms with E-state index in [4.69, 9.17) is 5.11 Å². The number of carboxylic acids is 1. The fourth-order valence-corrected chi connectivity index (χ4v) is 1.02. The van der Waals surface area contributed by atoms with E-state index in [0.29, 0.717) is 0 Å². The number of carbonyl (C=O) groups is 2. The van der Waals surface area contributed by atoms with Crippen LogP contribution in [0, 0.1) is 5.41 Å². The van der Waals surface area contributed by atoms with Crippen molar-refractivity contribution in [2.24, 2.45) is 5.41 Å². The molecule has 0 saturated heterocycles. The summed E-state index contributed by atoms with van der Waals surface area (Å²) in [5.74, 6) is -1.40. The predicted octanol–water partition coefficient (Wildman–Crippen LogP) is 1.15. The number of rotatable bonds is 5. The molecule has 0 radical (unpaired) electrons. The fourth-order valence-electron chi connectivity index (χ4n) is 1.02. The van der Waals surface area contributed by atoms with Gasteiger partial charge in [-0.25, -0.2) is 0 Å². The molecule has 0 spiro atoms. The first-order chi connectivity index (χ1) is 7.29. The number of nitrogens with one attached hydrogen (secondary N) is 1. The molecule has 0 saturated carbocycles. The topological polar surface area (TPSA) is 86.6 Å². The van der Waals surface area contributed by atoms with E-state index in [2.05, 4.69) is 5.32 Å². The van der Waals surface area contributed by atoms with Gasteiger partial charge in [0.1, 0.15) is 0 Å². The predicted molar refractivity (Wildman–Crippen MR) is 64.6 cm³/mol. The van der Waals surface area contributed by atoms with Gasteiger partial charge in [0.2, 0.25) is 5.91 Å². The highest BCUT2D eigenvalue weighted by Gasteiger charge is 2.38. The summed E-state index contributed by atoms with van der Waals surface area (Å²) in [5.41, 5.74) is -3.02. The first-order valence-corrected chi connectivity index (χ1v) is 5.56. The molecule has 100 valence electrons. The van der Waals surface area contributed by atoms with Crippen molar-refractivity contribution in [1.29, 1.82) is 0 Å². The van der Waals surface area contributed by atoms with Gasteiger partial charge in [-0.15, -0.1) is 0 Å². The lowest BCUT2D eigenvalue weighted by atomic mass is 9.84. The highest BCUT2D eigenvalue weighted by atomic mass is 16.4. The molecule has 3 N–H and O–H groups in total. The smallest absolute Gasteiger partial charge is 0.309 e. The molecule has 17 heavy (non-hydrogen) atoms. The summed E-state index contributed by atoms with van der Waals surface area (Å²) in [6, 6.07) is 0. The van der Waals surface area contributed by atoms with Gasteiger partial charge in [-0.1, -0.05) is 0 Å². The molecular weight excluding hydrogens is 222 g/mol. The third-order valence-electron chi connectivity index (χ3n) is 3.16. The fraction of sp³-hybridized carbons (Fsp3) is 0.833. The van der Waals surface area contributed by atoms with Crippen LogP contribution in [0.3, 0.4) is 0 Å². The monoisotopic (exact) mass is 245 g/mol. The van der Waals surface area contributed by atoms with E-state index in [-0.39, 0.29) is 12.3 Å². The molecule has 0 heterocycles. The van der Waals surface area contributed by atoms with Crippen molar-refractivity contribution in [1.82, 2.24) is 5.32 Å². The van der Waals surface area contributed by atoms with E-state index >= 15 is 0 Å². The SMILES string of the molecule is CC(C)(CC(=O)NC(C)(C)C(C)(C)O)C(=O)O. The van der Waals surface area contributed by atoms with Crippen molar-refractivity contribution >= 4 is 11.9 Å². The molecule has 0 aromatic carbocycles. The van der Waals surface area contributed by atoms with Crippen LogP contribution in [0.15, 0.2) is 0 Å². The zero-order valence-corrected chi connectivity index (χ0v) is 11.4. The van der Waals surface area contributed by atoms with Crippen LogP contribution >= 0.6 is 0 Å². The molecule has 0 rings (SSSR count). The van der Waals surface area contributed by atoms with Crippen LogP contribution in [0.25, 0.3) is 0 Å². The Morgan fingerprint density at radius 2 is 1.47 bits per heavy atom. The third kappa shape index (κ3) is 4.34. The molecule has 0 aliphatic carbocycles. The molecule has 5 heteroatoms. The maximum absolute atomic E-state index is 11.7. The van der Waals surface area contributed by atoms with Gasteiger partial charge in [-0.2, -0.15) is 0 Å². The Hall–Kier alpha value is -1.10. The Balaban J connectivity index is 4.64. The molecule has 0 aromatic rings. The number of carboxylic acid groups (broad SMARTS) is 1. The molecule has 0 aliphatic heterocycles. The zero-order valence-electron chi connectivity index (χ0n) is 11.4. The van der Waals surface area contributed by atoms with Crippen LogP contribution < -0.4 is 5.32 Å². The van der Waals surface area contributed by atoms with Gasteiger partial charge in [-0.05, 0) is 41.5 Å². The number of amides is 1. The van der Waals surface area contributed by atoms with E-state index in [1.807, 2.05) is 0 Å². The Kier molecular flexibility index (Phi) is 4.34. The van der Waals surface area contributed by atoms with Crippen LogP contribution in [0.2, 0.25) is 0 Å².